The smallest absolute Gasteiger partial charge is 0.146 e. The summed E-state index contributed by atoms with van der Waals surface area (Å²) in [5, 5.41) is 0. The van der Waals surface area contributed by atoms with Crippen molar-refractivity contribution in [2.75, 3.05) is 0 Å². The molecule has 0 saturated heterocycles. The van der Waals surface area contributed by atoms with Crippen LogP contribution in [0, 0.1) is 0 Å². The molecule has 0 amide bonds. The zero-order valence-corrected chi connectivity index (χ0v) is 11.9. The van der Waals surface area contributed by atoms with Crippen LogP contribution in [0.25, 0.3) is 6.08 Å². The molecule has 0 spiro atoms. The van der Waals surface area contributed by atoms with Gasteiger partial charge in [-0.05, 0) is 30.1 Å². The average molecular weight is 271 g/mol. The number of rotatable bonds is 4. The minimum Gasteiger partial charge on any atom is -0.146 e. The van der Waals surface area contributed by atoms with E-state index in [1.54, 1.807) is 0 Å². The van der Waals surface area contributed by atoms with E-state index >= 15 is 0 Å². The third kappa shape index (κ3) is 3.13. The largest absolute Gasteiger partial charge is 0.248 e. The van der Waals surface area contributed by atoms with Gasteiger partial charge in [-0.15, -0.1) is 22.2 Å². The van der Waals surface area contributed by atoms with Gasteiger partial charge in [0.15, 0.2) is 0 Å². The fraction of sp³-hybridized carbons (Fsp3) is 0.385. The van der Waals surface area contributed by atoms with E-state index in [0.717, 1.165) is 18.9 Å². The van der Waals surface area contributed by atoms with Crippen LogP contribution < -0.4 is 0 Å². The summed E-state index contributed by atoms with van der Waals surface area (Å²) < 4.78 is 0. The molecule has 16 heavy (non-hydrogen) atoms. The minimum absolute atomic E-state index is 0.570. The highest BCUT2D eigenvalue weighted by Crippen LogP contribution is 2.34. The van der Waals surface area contributed by atoms with Crippen LogP contribution in [0.15, 0.2) is 30.3 Å². The van der Waals surface area contributed by atoms with Crippen molar-refractivity contribution < 1.29 is 0 Å². The number of allylic oxidation sites excluding steroid dienone is 1. The van der Waals surface area contributed by atoms with E-state index in [4.69, 9.17) is 22.2 Å². The van der Waals surface area contributed by atoms with Crippen LogP contribution >= 0.6 is 22.2 Å². The van der Waals surface area contributed by atoms with Gasteiger partial charge in [0.25, 0.3) is 0 Å². The fourth-order valence-corrected chi connectivity index (χ4v) is 3.83. The van der Waals surface area contributed by atoms with Crippen molar-refractivity contribution in [2.24, 2.45) is 0 Å². The van der Waals surface area contributed by atoms with Crippen LogP contribution in [0.5, 0.6) is 0 Å². The summed E-state index contributed by atoms with van der Waals surface area (Å²) in [7, 11) is 0. The van der Waals surface area contributed by atoms with E-state index in [1.807, 2.05) is 6.55 Å². The van der Waals surface area contributed by atoms with Crippen molar-refractivity contribution in [3.05, 3.63) is 41.5 Å². The van der Waals surface area contributed by atoms with Gasteiger partial charge in [0.1, 0.15) is 0 Å². The van der Waals surface area contributed by atoms with Crippen molar-refractivity contribution in [1.82, 2.24) is 0 Å². The van der Waals surface area contributed by atoms with Crippen LogP contribution in [0.3, 0.4) is 0 Å². The van der Waals surface area contributed by atoms with Gasteiger partial charge in [-0.2, -0.15) is 0 Å². The Morgan fingerprint density at radius 1 is 1.25 bits per heavy atom. The highest BCUT2D eigenvalue weighted by atomic mass is 35.7. The molecular weight excluding hydrogens is 255 g/mol. The second-order valence-electron chi connectivity index (χ2n) is 4.56. The summed E-state index contributed by atoms with van der Waals surface area (Å²) in [6.45, 7) is 0.0942. The number of fused-ring (bicyclic) bond motifs is 1. The summed E-state index contributed by atoms with van der Waals surface area (Å²) in [6, 6.07) is 9.59. The maximum atomic E-state index is 6.11. The Labute approximate surface area is 108 Å². The zero-order chi connectivity index (χ0) is 11.6. The molecule has 0 aliphatic heterocycles. The Kier molecular flexibility index (Phi) is 3.78. The molecule has 2 rings (SSSR count). The zero-order valence-electron chi connectivity index (χ0n) is 9.42. The lowest BCUT2D eigenvalue weighted by Crippen LogP contribution is -2.12. The van der Waals surface area contributed by atoms with E-state index in [2.05, 4.69) is 36.4 Å². The molecule has 0 heterocycles. The van der Waals surface area contributed by atoms with E-state index in [-0.39, 0.29) is 0 Å². The minimum atomic E-state index is -1.90. The van der Waals surface area contributed by atoms with Gasteiger partial charge in [0, 0.05) is 5.92 Å². The van der Waals surface area contributed by atoms with Crippen LogP contribution in [0.2, 0.25) is 12.6 Å². The predicted molar refractivity (Wildman–Crippen MR) is 75.6 cm³/mol. The Balaban J connectivity index is 1.92. The average Bonchev–Trinajstić information content (AvgIpc) is 2.60. The van der Waals surface area contributed by atoms with Gasteiger partial charge in [0.2, 0.25) is 6.69 Å². The Morgan fingerprint density at radius 3 is 2.75 bits per heavy atom. The molecule has 0 fully saturated rings. The van der Waals surface area contributed by atoms with Gasteiger partial charge in [-0.1, -0.05) is 42.8 Å². The summed E-state index contributed by atoms with van der Waals surface area (Å²) in [5.74, 6) is 0.570. The van der Waals surface area contributed by atoms with Gasteiger partial charge in [-0.3, -0.25) is 0 Å². The van der Waals surface area contributed by atoms with Crippen LogP contribution in [0.1, 0.15) is 29.9 Å². The third-order valence-electron chi connectivity index (χ3n) is 3.03. The number of hydrogen-bond donors (Lipinski definition) is 0. The first-order valence-electron chi connectivity index (χ1n) is 5.71. The topological polar surface area (TPSA) is 0 Å². The SMILES string of the molecule is C[Si](Cl)(Cl)CCCC1C=Cc2ccccc21. The molecule has 86 valence electrons. The molecule has 3 heteroatoms. The van der Waals surface area contributed by atoms with E-state index < -0.39 is 6.69 Å². The van der Waals surface area contributed by atoms with Gasteiger partial charge in [-0.25, -0.2) is 0 Å². The molecule has 0 aromatic heterocycles. The summed E-state index contributed by atoms with van der Waals surface area (Å²) in [6.07, 6.45) is 6.80. The van der Waals surface area contributed by atoms with E-state index in [1.165, 1.54) is 11.1 Å². The summed E-state index contributed by atoms with van der Waals surface area (Å²) in [4.78, 5) is 0. The van der Waals surface area contributed by atoms with Crippen molar-refractivity contribution in [1.29, 1.82) is 0 Å². The summed E-state index contributed by atoms with van der Waals surface area (Å²) >= 11 is 12.2. The first kappa shape index (κ1) is 12.2. The first-order valence-corrected chi connectivity index (χ1v) is 10.4. The lowest BCUT2D eigenvalue weighted by Gasteiger charge is -2.13. The van der Waals surface area contributed by atoms with Crippen LogP contribution in [-0.4, -0.2) is 6.69 Å². The quantitative estimate of drug-likeness (QED) is 0.526. The third-order valence-corrected chi connectivity index (χ3v) is 5.40. The highest BCUT2D eigenvalue weighted by molar-refractivity contribution is 7.44. The van der Waals surface area contributed by atoms with Crippen molar-refractivity contribution >= 4 is 34.9 Å². The maximum absolute atomic E-state index is 6.11. The Hall–Kier alpha value is -0.243. The van der Waals surface area contributed by atoms with Crippen LogP contribution in [-0.2, 0) is 0 Å². The predicted octanol–water partition coefficient (Wildman–Crippen LogP) is 5.13. The van der Waals surface area contributed by atoms with Crippen molar-refractivity contribution in [2.45, 2.75) is 31.4 Å². The molecular formula is C13H16Cl2Si. The van der Waals surface area contributed by atoms with Gasteiger partial charge in [0.05, 0.1) is 0 Å². The molecule has 1 unspecified atom stereocenters. The van der Waals surface area contributed by atoms with Crippen molar-refractivity contribution in [3.8, 4) is 0 Å². The molecule has 0 saturated carbocycles. The number of hydrogen-bond acceptors (Lipinski definition) is 0. The molecule has 0 radical (unpaired) electrons. The molecule has 0 N–H and O–H groups in total. The lowest BCUT2D eigenvalue weighted by atomic mass is 9.97. The van der Waals surface area contributed by atoms with Crippen molar-refractivity contribution in [3.63, 3.8) is 0 Å². The monoisotopic (exact) mass is 270 g/mol. The first-order chi connectivity index (χ1) is 7.56. The molecule has 1 aromatic carbocycles. The Bertz CT molecular complexity index is 393. The van der Waals surface area contributed by atoms with E-state index in [0.29, 0.717) is 5.92 Å². The Morgan fingerprint density at radius 2 is 2.00 bits per heavy atom. The molecule has 1 aliphatic carbocycles. The van der Waals surface area contributed by atoms with E-state index in [9.17, 15) is 0 Å². The molecule has 1 aliphatic rings. The van der Waals surface area contributed by atoms with Gasteiger partial charge >= 0.3 is 0 Å². The normalized spacial score (nSPS) is 18.8. The summed E-state index contributed by atoms with van der Waals surface area (Å²) in [5.41, 5.74) is 2.82. The second kappa shape index (κ2) is 4.95. The van der Waals surface area contributed by atoms with Gasteiger partial charge < -0.3 is 0 Å². The number of benzene rings is 1. The highest BCUT2D eigenvalue weighted by Gasteiger charge is 2.22. The molecule has 1 atom stereocenters. The molecule has 0 nitrogen and oxygen atoms in total. The number of halogens is 2. The fourth-order valence-electron chi connectivity index (χ4n) is 2.21. The van der Waals surface area contributed by atoms with Crippen LogP contribution in [0.4, 0.5) is 0 Å². The molecule has 1 aromatic rings. The lowest BCUT2D eigenvalue weighted by molar-refractivity contribution is 0.722. The second-order valence-corrected chi connectivity index (χ2v) is 12.8. The standard InChI is InChI=1S/C13H16Cl2Si/c1-16(14,15)10-4-6-12-9-8-11-5-2-3-7-13(11)12/h2-3,5,7-9,12H,4,6,10H2,1H3. The maximum Gasteiger partial charge on any atom is 0.248 e. The molecule has 0 bridgehead atoms.